The summed E-state index contributed by atoms with van der Waals surface area (Å²) in [6.07, 6.45) is 1.82. The van der Waals surface area contributed by atoms with E-state index in [0.29, 0.717) is 23.9 Å². The largest absolute Gasteiger partial charge is 0.385 e. The van der Waals surface area contributed by atoms with E-state index < -0.39 is 10.0 Å². The molecule has 0 atom stereocenters. The molecule has 5 nitrogen and oxygen atoms in total. The number of hydrogen-bond acceptors (Lipinski definition) is 4. The molecule has 0 saturated heterocycles. The summed E-state index contributed by atoms with van der Waals surface area (Å²) in [5.74, 6) is 0.0173. The van der Waals surface area contributed by atoms with Crippen LogP contribution in [0.25, 0.3) is 0 Å². The molecule has 0 radical (unpaired) electrons. The van der Waals surface area contributed by atoms with Crippen LogP contribution >= 0.6 is 11.6 Å². The van der Waals surface area contributed by atoms with Crippen molar-refractivity contribution in [1.29, 1.82) is 0 Å². The summed E-state index contributed by atoms with van der Waals surface area (Å²) in [7, 11) is -1.80. The number of rotatable bonds is 6. The first-order chi connectivity index (χ1) is 7.53. The SMILES string of the molecule is COCCCS(=O)(=O)Nc1ccc(Cl)nc1. The highest BCUT2D eigenvalue weighted by Gasteiger charge is 2.09. The van der Waals surface area contributed by atoms with E-state index in [1.807, 2.05) is 0 Å². The summed E-state index contributed by atoms with van der Waals surface area (Å²) >= 11 is 5.58. The summed E-state index contributed by atoms with van der Waals surface area (Å²) < 4.78 is 30.2. The normalized spacial score (nSPS) is 11.4. The number of sulfonamides is 1. The van der Waals surface area contributed by atoms with Crippen molar-refractivity contribution < 1.29 is 13.2 Å². The minimum atomic E-state index is -3.33. The second-order valence-corrected chi connectivity index (χ2v) is 5.37. The lowest BCUT2D eigenvalue weighted by Gasteiger charge is -2.07. The zero-order chi connectivity index (χ0) is 12.0. The van der Waals surface area contributed by atoms with Crippen molar-refractivity contribution in [2.75, 3.05) is 24.2 Å². The Morgan fingerprint density at radius 2 is 2.25 bits per heavy atom. The highest BCUT2D eigenvalue weighted by atomic mass is 35.5. The smallest absolute Gasteiger partial charge is 0.232 e. The van der Waals surface area contributed by atoms with Crippen LogP contribution in [0.1, 0.15) is 6.42 Å². The molecule has 1 aromatic rings. The van der Waals surface area contributed by atoms with Gasteiger partial charge in [-0.05, 0) is 18.6 Å². The van der Waals surface area contributed by atoms with Crippen molar-refractivity contribution in [1.82, 2.24) is 4.98 Å². The molecule has 1 N–H and O–H groups in total. The fourth-order valence-corrected chi connectivity index (χ4v) is 2.25. The number of nitrogens with zero attached hydrogens (tertiary/aromatic N) is 1. The van der Waals surface area contributed by atoms with Gasteiger partial charge in [0.15, 0.2) is 0 Å². The van der Waals surface area contributed by atoms with E-state index in [1.54, 1.807) is 6.07 Å². The summed E-state index contributed by atoms with van der Waals surface area (Å²) in [4.78, 5) is 3.77. The molecule has 1 aromatic heterocycles. The van der Waals surface area contributed by atoms with E-state index >= 15 is 0 Å². The molecule has 0 aliphatic heterocycles. The van der Waals surface area contributed by atoms with Gasteiger partial charge in [-0.25, -0.2) is 13.4 Å². The van der Waals surface area contributed by atoms with Crippen LogP contribution in [-0.2, 0) is 14.8 Å². The van der Waals surface area contributed by atoms with Crippen molar-refractivity contribution in [3.05, 3.63) is 23.5 Å². The Morgan fingerprint density at radius 3 is 2.81 bits per heavy atom. The van der Waals surface area contributed by atoms with Crippen LogP contribution in [0.4, 0.5) is 5.69 Å². The number of hydrogen-bond donors (Lipinski definition) is 1. The van der Waals surface area contributed by atoms with Gasteiger partial charge in [0, 0.05) is 13.7 Å². The Bertz CT molecular complexity index is 419. The van der Waals surface area contributed by atoms with Gasteiger partial charge in [-0.15, -0.1) is 0 Å². The van der Waals surface area contributed by atoms with Crippen molar-refractivity contribution >= 4 is 27.3 Å². The predicted molar refractivity (Wildman–Crippen MR) is 63.1 cm³/mol. The number of aromatic nitrogens is 1. The molecule has 0 aromatic carbocycles. The third kappa shape index (κ3) is 4.78. The molecule has 16 heavy (non-hydrogen) atoms. The number of pyridine rings is 1. The fraction of sp³-hybridized carbons (Fsp3) is 0.444. The molecule has 1 rings (SSSR count). The standard InChI is InChI=1S/C9H13ClN2O3S/c1-15-5-2-6-16(13,14)12-8-3-4-9(10)11-7-8/h3-4,7,12H,2,5-6H2,1H3. The van der Waals surface area contributed by atoms with Gasteiger partial charge < -0.3 is 4.74 Å². The van der Waals surface area contributed by atoms with Crippen molar-refractivity contribution in [2.45, 2.75) is 6.42 Å². The number of anilines is 1. The monoisotopic (exact) mass is 264 g/mol. The first-order valence-electron chi connectivity index (χ1n) is 4.64. The van der Waals surface area contributed by atoms with Crippen LogP contribution in [0, 0.1) is 0 Å². The molecule has 1 heterocycles. The minimum Gasteiger partial charge on any atom is -0.385 e. The maximum atomic E-state index is 11.5. The van der Waals surface area contributed by atoms with Gasteiger partial charge in [0.05, 0.1) is 17.6 Å². The predicted octanol–water partition coefficient (Wildman–Crippen LogP) is 1.51. The molecule has 0 aliphatic carbocycles. The van der Waals surface area contributed by atoms with Gasteiger partial charge in [-0.2, -0.15) is 0 Å². The molecular weight excluding hydrogens is 252 g/mol. The highest BCUT2D eigenvalue weighted by molar-refractivity contribution is 7.92. The van der Waals surface area contributed by atoms with Crippen LogP contribution in [0.5, 0.6) is 0 Å². The second kappa shape index (κ2) is 6.03. The highest BCUT2D eigenvalue weighted by Crippen LogP contribution is 2.11. The first-order valence-corrected chi connectivity index (χ1v) is 6.67. The quantitative estimate of drug-likeness (QED) is 0.625. The zero-order valence-corrected chi connectivity index (χ0v) is 10.4. The van der Waals surface area contributed by atoms with Crippen molar-refractivity contribution in [3.8, 4) is 0 Å². The number of methoxy groups -OCH3 is 1. The van der Waals surface area contributed by atoms with E-state index in [0.717, 1.165) is 0 Å². The molecule has 0 spiro atoms. The van der Waals surface area contributed by atoms with Gasteiger partial charge in [0.1, 0.15) is 5.15 Å². The Morgan fingerprint density at radius 1 is 1.50 bits per heavy atom. The minimum absolute atomic E-state index is 0.0173. The lowest BCUT2D eigenvalue weighted by Crippen LogP contribution is -2.17. The van der Waals surface area contributed by atoms with Gasteiger partial charge in [0.2, 0.25) is 10.0 Å². The molecular formula is C9H13ClN2O3S. The first kappa shape index (κ1) is 13.2. The van der Waals surface area contributed by atoms with Gasteiger partial charge in [0.25, 0.3) is 0 Å². The summed E-state index contributed by atoms with van der Waals surface area (Å²) in [6.45, 7) is 0.416. The molecule has 0 fully saturated rings. The van der Waals surface area contributed by atoms with Gasteiger partial charge >= 0.3 is 0 Å². The van der Waals surface area contributed by atoms with E-state index in [9.17, 15) is 8.42 Å². The van der Waals surface area contributed by atoms with E-state index in [2.05, 4.69) is 9.71 Å². The Labute approximate surface area is 99.8 Å². The van der Waals surface area contributed by atoms with E-state index in [1.165, 1.54) is 19.4 Å². The Kier molecular flexibility index (Phi) is 4.98. The van der Waals surface area contributed by atoms with E-state index in [4.69, 9.17) is 16.3 Å². The number of ether oxygens (including phenoxy) is 1. The molecule has 0 amide bonds. The van der Waals surface area contributed by atoms with Crippen molar-refractivity contribution in [2.24, 2.45) is 0 Å². The van der Waals surface area contributed by atoms with Gasteiger partial charge in [-0.1, -0.05) is 11.6 Å². The molecule has 7 heteroatoms. The molecule has 0 unspecified atom stereocenters. The maximum Gasteiger partial charge on any atom is 0.232 e. The number of nitrogens with one attached hydrogen (secondary N) is 1. The Hall–Kier alpha value is -0.850. The third-order valence-electron chi connectivity index (χ3n) is 1.76. The maximum absolute atomic E-state index is 11.5. The second-order valence-electron chi connectivity index (χ2n) is 3.14. The average Bonchev–Trinajstić information content (AvgIpc) is 2.21. The molecule has 0 aliphatic rings. The number of halogens is 1. The topological polar surface area (TPSA) is 68.3 Å². The summed E-state index contributed by atoms with van der Waals surface area (Å²) in [5.41, 5.74) is 0.404. The summed E-state index contributed by atoms with van der Waals surface area (Å²) in [6, 6.07) is 3.08. The molecule has 0 saturated carbocycles. The van der Waals surface area contributed by atoms with Crippen LogP contribution < -0.4 is 4.72 Å². The van der Waals surface area contributed by atoms with E-state index in [-0.39, 0.29) is 5.75 Å². The molecule has 90 valence electrons. The van der Waals surface area contributed by atoms with Crippen molar-refractivity contribution in [3.63, 3.8) is 0 Å². The van der Waals surface area contributed by atoms with Crippen LogP contribution in [-0.4, -0.2) is 32.9 Å². The van der Waals surface area contributed by atoms with Crippen LogP contribution in [0.2, 0.25) is 5.15 Å². The lowest BCUT2D eigenvalue weighted by molar-refractivity contribution is 0.199. The molecule has 0 bridgehead atoms. The van der Waals surface area contributed by atoms with Crippen LogP contribution in [0.3, 0.4) is 0 Å². The summed E-state index contributed by atoms with van der Waals surface area (Å²) in [5, 5.41) is 0.322. The average molecular weight is 265 g/mol. The fourth-order valence-electron chi connectivity index (χ4n) is 1.06. The third-order valence-corrected chi connectivity index (χ3v) is 3.36. The van der Waals surface area contributed by atoms with Crippen LogP contribution in [0.15, 0.2) is 18.3 Å². The van der Waals surface area contributed by atoms with Gasteiger partial charge in [-0.3, -0.25) is 4.72 Å². The Balaban J connectivity index is 2.55. The zero-order valence-electron chi connectivity index (χ0n) is 8.81. The lowest BCUT2D eigenvalue weighted by atomic mass is 10.4.